The molecule has 106 valence electrons. The second kappa shape index (κ2) is 5.04. The Bertz CT molecular complexity index is 468. The molecule has 0 aliphatic carbocycles. The van der Waals surface area contributed by atoms with Crippen LogP contribution in [0.2, 0.25) is 0 Å². The molecule has 0 bridgehead atoms. The number of nitrogens with one attached hydrogen (secondary N) is 1. The third kappa shape index (κ3) is 2.44. The molecule has 19 heavy (non-hydrogen) atoms. The topological polar surface area (TPSA) is 24.5 Å². The van der Waals surface area contributed by atoms with Crippen molar-refractivity contribution in [3.63, 3.8) is 0 Å². The van der Waals surface area contributed by atoms with Crippen LogP contribution in [-0.4, -0.2) is 26.7 Å². The van der Waals surface area contributed by atoms with Gasteiger partial charge < -0.3 is 15.0 Å². The molecule has 0 saturated heterocycles. The minimum absolute atomic E-state index is 0.196. The van der Waals surface area contributed by atoms with E-state index < -0.39 is 0 Å². The summed E-state index contributed by atoms with van der Waals surface area (Å²) in [6.07, 6.45) is 1.18. The average molecular weight is 262 g/mol. The first-order chi connectivity index (χ1) is 8.90. The summed E-state index contributed by atoms with van der Waals surface area (Å²) in [5.41, 5.74) is 4.18. The molecule has 1 atom stereocenters. The zero-order chi connectivity index (χ0) is 14.2. The Morgan fingerprint density at radius 2 is 2.11 bits per heavy atom. The molecule has 1 heterocycles. The molecule has 0 aromatic heterocycles. The highest BCUT2D eigenvalue weighted by atomic mass is 16.5. The van der Waals surface area contributed by atoms with Crippen LogP contribution in [-0.2, 0) is 6.54 Å². The fourth-order valence-corrected chi connectivity index (χ4v) is 3.16. The summed E-state index contributed by atoms with van der Waals surface area (Å²) in [5.74, 6) is 1.56. The maximum Gasteiger partial charge on any atom is 0.125 e. The predicted molar refractivity (Wildman–Crippen MR) is 81.3 cm³/mol. The molecule has 0 radical (unpaired) electrons. The van der Waals surface area contributed by atoms with Gasteiger partial charge in [-0.1, -0.05) is 6.92 Å². The molecular weight excluding hydrogens is 236 g/mol. The molecule has 0 spiro atoms. The van der Waals surface area contributed by atoms with Crippen molar-refractivity contribution in [1.82, 2.24) is 5.32 Å². The molecular formula is C16H26N2O. The quantitative estimate of drug-likeness (QED) is 0.905. The fourth-order valence-electron chi connectivity index (χ4n) is 3.16. The number of hydrogen-bond acceptors (Lipinski definition) is 3. The minimum atomic E-state index is 0.196. The first kappa shape index (κ1) is 14.2. The number of hydrogen-bond donors (Lipinski definition) is 1. The zero-order valence-electron chi connectivity index (χ0n) is 13.0. The van der Waals surface area contributed by atoms with Crippen LogP contribution in [0.25, 0.3) is 0 Å². The second-order valence-corrected chi connectivity index (χ2v) is 6.23. The van der Waals surface area contributed by atoms with Gasteiger partial charge in [-0.05, 0) is 44.9 Å². The van der Waals surface area contributed by atoms with Crippen LogP contribution < -0.4 is 15.0 Å². The smallest absolute Gasteiger partial charge is 0.125 e. The van der Waals surface area contributed by atoms with Gasteiger partial charge in [0.05, 0.1) is 7.11 Å². The van der Waals surface area contributed by atoms with E-state index in [0.29, 0.717) is 5.92 Å². The summed E-state index contributed by atoms with van der Waals surface area (Å²) >= 11 is 0. The molecule has 0 fully saturated rings. The van der Waals surface area contributed by atoms with Crippen molar-refractivity contribution in [2.75, 3.05) is 26.1 Å². The standard InChI is InChI=1S/C16H26N2O/c1-11-9-16(2,3)18(5)14-8-15(19-6)12(10-17-4)7-13(11)14/h7-8,11,17H,9-10H2,1-6H3/t11-/m1/s1. The van der Waals surface area contributed by atoms with E-state index in [9.17, 15) is 0 Å². The normalized spacial score (nSPS) is 21.2. The monoisotopic (exact) mass is 262 g/mol. The van der Waals surface area contributed by atoms with Crippen LogP contribution in [0, 0.1) is 0 Å². The van der Waals surface area contributed by atoms with Gasteiger partial charge in [0.25, 0.3) is 0 Å². The molecule has 1 aliphatic heterocycles. The van der Waals surface area contributed by atoms with E-state index in [1.807, 2.05) is 7.05 Å². The summed E-state index contributed by atoms with van der Waals surface area (Å²) in [7, 11) is 5.90. The Hall–Kier alpha value is -1.22. The van der Waals surface area contributed by atoms with Crippen molar-refractivity contribution < 1.29 is 4.74 Å². The maximum absolute atomic E-state index is 5.55. The summed E-state index contributed by atoms with van der Waals surface area (Å²) in [4.78, 5) is 2.38. The largest absolute Gasteiger partial charge is 0.496 e. The van der Waals surface area contributed by atoms with Gasteiger partial charge in [0, 0.05) is 36.4 Å². The molecule has 2 rings (SSSR count). The molecule has 3 heteroatoms. The van der Waals surface area contributed by atoms with Gasteiger partial charge in [0.2, 0.25) is 0 Å². The van der Waals surface area contributed by atoms with Gasteiger partial charge in [0.15, 0.2) is 0 Å². The number of anilines is 1. The van der Waals surface area contributed by atoms with Gasteiger partial charge >= 0.3 is 0 Å². The van der Waals surface area contributed by atoms with Crippen molar-refractivity contribution >= 4 is 5.69 Å². The number of rotatable bonds is 3. The van der Waals surface area contributed by atoms with E-state index in [1.54, 1.807) is 7.11 Å². The number of nitrogens with zero attached hydrogens (tertiary/aromatic N) is 1. The fraction of sp³-hybridized carbons (Fsp3) is 0.625. The molecule has 1 aliphatic rings. The number of ether oxygens (including phenoxy) is 1. The minimum Gasteiger partial charge on any atom is -0.496 e. The third-order valence-electron chi connectivity index (χ3n) is 4.40. The Kier molecular flexibility index (Phi) is 3.77. The maximum atomic E-state index is 5.55. The molecule has 0 saturated carbocycles. The van der Waals surface area contributed by atoms with Gasteiger partial charge in [-0.25, -0.2) is 0 Å². The van der Waals surface area contributed by atoms with Crippen molar-refractivity contribution in [2.45, 2.75) is 45.2 Å². The first-order valence-electron chi connectivity index (χ1n) is 7.00. The molecule has 0 unspecified atom stereocenters. The second-order valence-electron chi connectivity index (χ2n) is 6.23. The van der Waals surface area contributed by atoms with Crippen molar-refractivity contribution in [1.29, 1.82) is 0 Å². The highest BCUT2D eigenvalue weighted by Crippen LogP contribution is 2.44. The molecule has 0 amide bonds. The van der Waals surface area contributed by atoms with E-state index in [0.717, 1.165) is 12.3 Å². The lowest BCUT2D eigenvalue weighted by Crippen LogP contribution is -2.45. The Labute approximate surface area is 116 Å². The van der Waals surface area contributed by atoms with Crippen LogP contribution in [0.4, 0.5) is 5.69 Å². The lowest BCUT2D eigenvalue weighted by atomic mass is 9.80. The number of methoxy groups -OCH3 is 1. The zero-order valence-corrected chi connectivity index (χ0v) is 13.0. The summed E-state index contributed by atoms with van der Waals surface area (Å²) in [5, 5.41) is 3.21. The molecule has 3 nitrogen and oxygen atoms in total. The van der Waals surface area contributed by atoms with Gasteiger partial charge in [-0.2, -0.15) is 0 Å². The van der Waals surface area contributed by atoms with Crippen LogP contribution in [0.3, 0.4) is 0 Å². The Morgan fingerprint density at radius 1 is 1.42 bits per heavy atom. The van der Waals surface area contributed by atoms with Crippen LogP contribution in [0.15, 0.2) is 12.1 Å². The Balaban J connectivity index is 2.54. The molecule has 1 N–H and O–H groups in total. The van der Waals surface area contributed by atoms with E-state index in [2.05, 4.69) is 50.2 Å². The van der Waals surface area contributed by atoms with E-state index >= 15 is 0 Å². The van der Waals surface area contributed by atoms with Crippen molar-refractivity contribution in [3.05, 3.63) is 23.3 Å². The number of fused-ring (bicyclic) bond motifs is 1. The van der Waals surface area contributed by atoms with E-state index in [-0.39, 0.29) is 5.54 Å². The van der Waals surface area contributed by atoms with Crippen molar-refractivity contribution in [3.8, 4) is 5.75 Å². The highest BCUT2D eigenvalue weighted by molar-refractivity contribution is 5.63. The SMILES string of the molecule is CNCc1cc2c(cc1OC)N(C)C(C)(C)C[C@H]2C. The summed E-state index contributed by atoms with van der Waals surface area (Å²) < 4.78 is 5.55. The Morgan fingerprint density at radius 3 is 2.68 bits per heavy atom. The summed E-state index contributed by atoms with van der Waals surface area (Å²) in [6.45, 7) is 7.78. The van der Waals surface area contributed by atoms with Gasteiger partial charge in [0.1, 0.15) is 5.75 Å². The third-order valence-corrected chi connectivity index (χ3v) is 4.40. The molecule has 1 aromatic rings. The lowest BCUT2D eigenvalue weighted by Gasteiger charge is -2.45. The van der Waals surface area contributed by atoms with Crippen molar-refractivity contribution in [2.24, 2.45) is 0 Å². The molecule has 1 aromatic carbocycles. The lowest BCUT2D eigenvalue weighted by molar-refractivity contribution is 0.387. The summed E-state index contributed by atoms with van der Waals surface area (Å²) in [6, 6.07) is 4.50. The predicted octanol–water partition coefficient (Wildman–Crippen LogP) is 3.14. The van der Waals surface area contributed by atoms with E-state index in [1.165, 1.54) is 23.2 Å². The van der Waals surface area contributed by atoms with Crippen LogP contribution in [0.1, 0.15) is 44.2 Å². The van der Waals surface area contributed by atoms with Crippen LogP contribution in [0.5, 0.6) is 5.75 Å². The van der Waals surface area contributed by atoms with Gasteiger partial charge in [-0.15, -0.1) is 0 Å². The number of benzene rings is 1. The van der Waals surface area contributed by atoms with Crippen LogP contribution >= 0.6 is 0 Å². The van der Waals surface area contributed by atoms with E-state index in [4.69, 9.17) is 4.74 Å². The average Bonchev–Trinajstić information content (AvgIpc) is 2.35. The first-order valence-corrected chi connectivity index (χ1v) is 7.00. The highest BCUT2D eigenvalue weighted by Gasteiger charge is 2.34. The van der Waals surface area contributed by atoms with Gasteiger partial charge in [-0.3, -0.25) is 0 Å².